The zero-order valence-electron chi connectivity index (χ0n) is 7.49. The van der Waals surface area contributed by atoms with Crippen molar-refractivity contribution in [2.24, 2.45) is 0 Å². The zero-order valence-corrected chi connectivity index (χ0v) is 7.49. The van der Waals surface area contributed by atoms with Crippen molar-refractivity contribution in [2.75, 3.05) is 12.3 Å². The highest BCUT2D eigenvalue weighted by molar-refractivity contribution is 5.10. The lowest BCUT2D eigenvalue weighted by molar-refractivity contribution is 0.369. The fourth-order valence-corrected chi connectivity index (χ4v) is 1.67. The number of anilines is 1. The van der Waals surface area contributed by atoms with Crippen LogP contribution < -0.4 is 11.1 Å². The first-order valence-electron chi connectivity index (χ1n) is 4.66. The number of hydrogen-bond acceptors (Lipinski definition) is 5. The molecule has 1 atom stereocenters. The van der Waals surface area contributed by atoms with Gasteiger partial charge in [0, 0.05) is 12.5 Å². The zero-order chi connectivity index (χ0) is 9.10. The second-order valence-corrected chi connectivity index (χ2v) is 3.38. The summed E-state index contributed by atoms with van der Waals surface area (Å²) in [6.07, 6.45) is 4.41. The van der Waals surface area contributed by atoms with Crippen LogP contribution in [-0.4, -0.2) is 22.7 Å². The van der Waals surface area contributed by atoms with E-state index in [1.807, 2.05) is 0 Å². The molecule has 72 valence electrons. The van der Waals surface area contributed by atoms with E-state index in [2.05, 4.69) is 15.5 Å². The third-order valence-electron chi connectivity index (χ3n) is 2.35. The molecule has 0 saturated carbocycles. The van der Waals surface area contributed by atoms with Crippen LogP contribution in [0, 0.1) is 0 Å². The predicted octanol–water partition coefficient (Wildman–Crippen LogP) is 0.336. The first-order valence-corrected chi connectivity index (χ1v) is 4.66. The summed E-state index contributed by atoms with van der Waals surface area (Å²) in [4.78, 5) is 3.94. The van der Waals surface area contributed by atoms with Crippen LogP contribution >= 0.6 is 0 Å². The van der Waals surface area contributed by atoms with Crippen LogP contribution in [0.5, 0.6) is 0 Å². The minimum atomic E-state index is 0.231. The maximum Gasteiger partial charge on any atom is 0.260 e. The van der Waals surface area contributed by atoms with Crippen molar-refractivity contribution in [3.63, 3.8) is 0 Å². The van der Waals surface area contributed by atoms with Crippen molar-refractivity contribution >= 4 is 5.95 Å². The lowest BCUT2D eigenvalue weighted by atomic mass is 10.1. The van der Waals surface area contributed by atoms with Gasteiger partial charge in [-0.3, -0.25) is 0 Å². The third-order valence-corrected chi connectivity index (χ3v) is 2.35. The maximum atomic E-state index is 5.33. The van der Waals surface area contributed by atoms with Gasteiger partial charge in [-0.05, 0) is 31.0 Å². The summed E-state index contributed by atoms with van der Waals surface area (Å²) >= 11 is 0. The molecule has 2 heterocycles. The van der Waals surface area contributed by atoms with Gasteiger partial charge >= 0.3 is 0 Å². The Morgan fingerprint density at radius 2 is 2.54 bits per heavy atom. The molecule has 13 heavy (non-hydrogen) atoms. The van der Waals surface area contributed by atoms with Gasteiger partial charge in [0.25, 0.3) is 5.95 Å². The Kier molecular flexibility index (Phi) is 2.44. The van der Waals surface area contributed by atoms with Gasteiger partial charge in [-0.15, -0.1) is 0 Å². The molecule has 3 N–H and O–H groups in total. The number of aryl methyl sites for hydroxylation is 1. The van der Waals surface area contributed by atoms with Gasteiger partial charge in [0.05, 0.1) is 0 Å². The van der Waals surface area contributed by atoms with E-state index in [0.717, 1.165) is 19.4 Å². The topological polar surface area (TPSA) is 77.0 Å². The number of hydrogen-bond donors (Lipinski definition) is 2. The maximum absolute atomic E-state index is 5.33. The molecule has 0 spiro atoms. The summed E-state index contributed by atoms with van der Waals surface area (Å²) in [5.41, 5.74) is 5.33. The van der Waals surface area contributed by atoms with Gasteiger partial charge < -0.3 is 15.6 Å². The minimum Gasteiger partial charge on any atom is -0.365 e. The van der Waals surface area contributed by atoms with E-state index in [4.69, 9.17) is 10.3 Å². The second-order valence-electron chi connectivity index (χ2n) is 3.38. The molecule has 0 amide bonds. The molecule has 1 unspecified atom stereocenters. The van der Waals surface area contributed by atoms with Crippen LogP contribution in [0.3, 0.4) is 0 Å². The number of aromatic nitrogens is 2. The Morgan fingerprint density at radius 3 is 3.15 bits per heavy atom. The van der Waals surface area contributed by atoms with Crippen LogP contribution in [0.25, 0.3) is 0 Å². The van der Waals surface area contributed by atoms with Crippen molar-refractivity contribution in [3.8, 4) is 0 Å². The third kappa shape index (κ3) is 2.18. The highest BCUT2D eigenvalue weighted by Gasteiger charge is 2.15. The van der Waals surface area contributed by atoms with Gasteiger partial charge in [-0.2, -0.15) is 4.98 Å². The Morgan fingerprint density at radius 1 is 1.62 bits per heavy atom. The molecule has 1 aliphatic heterocycles. The first-order chi connectivity index (χ1) is 6.34. The summed E-state index contributed by atoms with van der Waals surface area (Å²) in [5.74, 6) is 0.876. The van der Waals surface area contributed by atoms with Crippen LogP contribution in [0.1, 0.15) is 25.2 Å². The van der Waals surface area contributed by atoms with E-state index in [9.17, 15) is 0 Å². The fourth-order valence-electron chi connectivity index (χ4n) is 1.67. The van der Waals surface area contributed by atoms with E-state index in [1.54, 1.807) is 0 Å². The van der Waals surface area contributed by atoms with E-state index in [0.29, 0.717) is 11.9 Å². The van der Waals surface area contributed by atoms with E-state index >= 15 is 0 Å². The predicted molar refractivity (Wildman–Crippen MR) is 48.1 cm³/mol. The number of nitrogens with two attached hydrogens (primary N) is 1. The van der Waals surface area contributed by atoms with Crippen LogP contribution in [0.4, 0.5) is 5.95 Å². The highest BCUT2D eigenvalue weighted by atomic mass is 16.5. The average molecular weight is 182 g/mol. The number of nitrogens with one attached hydrogen (secondary N) is 1. The number of nitrogen functional groups attached to an aromatic ring is 1. The summed E-state index contributed by atoms with van der Waals surface area (Å²) in [7, 11) is 0. The molecule has 5 heteroatoms. The van der Waals surface area contributed by atoms with E-state index in [-0.39, 0.29) is 5.95 Å². The van der Waals surface area contributed by atoms with Gasteiger partial charge in [0.2, 0.25) is 5.89 Å². The van der Waals surface area contributed by atoms with E-state index < -0.39 is 0 Å². The Hall–Kier alpha value is -1.10. The molecule has 1 saturated heterocycles. The van der Waals surface area contributed by atoms with Crippen molar-refractivity contribution in [1.82, 2.24) is 15.5 Å². The molecule has 0 bridgehead atoms. The average Bonchev–Trinajstić information content (AvgIpc) is 2.71. The Bertz CT molecular complexity index is 267. The molecule has 1 aromatic rings. The van der Waals surface area contributed by atoms with Gasteiger partial charge in [0.1, 0.15) is 0 Å². The van der Waals surface area contributed by atoms with Gasteiger partial charge in [-0.1, -0.05) is 0 Å². The van der Waals surface area contributed by atoms with Crippen LogP contribution in [0.2, 0.25) is 0 Å². The Labute approximate surface area is 76.7 Å². The number of rotatable bonds is 3. The lowest BCUT2D eigenvalue weighted by Crippen LogP contribution is -2.21. The molecule has 1 aromatic heterocycles. The van der Waals surface area contributed by atoms with E-state index in [1.165, 1.54) is 12.8 Å². The number of nitrogens with zero attached hydrogens (tertiary/aromatic N) is 2. The van der Waals surface area contributed by atoms with Crippen LogP contribution in [-0.2, 0) is 6.42 Å². The van der Waals surface area contributed by atoms with Gasteiger partial charge in [-0.25, -0.2) is 0 Å². The fraction of sp³-hybridized carbons (Fsp3) is 0.750. The Balaban J connectivity index is 1.78. The van der Waals surface area contributed by atoms with Gasteiger partial charge in [0.15, 0.2) is 0 Å². The summed E-state index contributed by atoms with van der Waals surface area (Å²) < 4.78 is 4.91. The second kappa shape index (κ2) is 3.74. The monoisotopic (exact) mass is 182 g/mol. The molecule has 0 aromatic carbocycles. The largest absolute Gasteiger partial charge is 0.365 e. The molecule has 5 nitrogen and oxygen atoms in total. The van der Waals surface area contributed by atoms with Crippen molar-refractivity contribution in [1.29, 1.82) is 0 Å². The summed E-state index contributed by atoms with van der Waals surface area (Å²) in [6, 6.07) is 0.619. The highest BCUT2D eigenvalue weighted by Crippen LogP contribution is 2.11. The summed E-state index contributed by atoms with van der Waals surface area (Å²) in [5, 5.41) is 6.95. The summed E-state index contributed by atoms with van der Waals surface area (Å²) in [6.45, 7) is 1.14. The molecule has 1 fully saturated rings. The molecular weight excluding hydrogens is 168 g/mol. The minimum absolute atomic E-state index is 0.231. The molecule has 1 aliphatic rings. The standard InChI is InChI=1S/C8H14N4O/c9-8-11-7(13-12-8)4-3-6-2-1-5-10-6/h6,10H,1-5H2,(H2,9,12). The lowest BCUT2D eigenvalue weighted by Gasteiger charge is -2.06. The smallest absolute Gasteiger partial charge is 0.260 e. The molecule has 0 aliphatic carbocycles. The first kappa shape index (κ1) is 8.50. The van der Waals surface area contributed by atoms with Crippen LogP contribution in [0.15, 0.2) is 4.52 Å². The molecular formula is C8H14N4O. The molecule has 2 rings (SSSR count). The molecule has 0 radical (unpaired) electrons. The van der Waals surface area contributed by atoms with Crippen molar-refractivity contribution in [2.45, 2.75) is 31.7 Å². The SMILES string of the molecule is Nc1noc(CCC2CCCN2)n1. The van der Waals surface area contributed by atoms with Crippen molar-refractivity contribution < 1.29 is 4.52 Å². The quantitative estimate of drug-likeness (QED) is 0.704. The van der Waals surface area contributed by atoms with Crippen molar-refractivity contribution in [3.05, 3.63) is 5.89 Å². The normalized spacial score (nSPS) is 22.3.